The van der Waals surface area contributed by atoms with Crippen LogP contribution in [-0.2, 0) is 4.79 Å². The first-order chi connectivity index (χ1) is 16.8. The molecular formula is C24H30FN9O. The summed E-state index contributed by atoms with van der Waals surface area (Å²) in [5.41, 5.74) is 4.15. The number of anilines is 2. The third kappa shape index (κ3) is 4.04. The Hall–Kier alpha value is -3.76. The Kier molecular flexibility index (Phi) is 5.78. The van der Waals surface area contributed by atoms with Gasteiger partial charge < -0.3 is 20.1 Å². The molecule has 1 aliphatic rings. The number of alkyl halides is 1. The molecule has 0 saturated carbocycles. The van der Waals surface area contributed by atoms with Gasteiger partial charge >= 0.3 is 0 Å². The molecule has 1 saturated heterocycles. The molecule has 4 aromatic rings. The number of halogens is 1. The van der Waals surface area contributed by atoms with Crippen LogP contribution in [0.4, 0.5) is 16.2 Å². The molecule has 1 fully saturated rings. The smallest absolute Gasteiger partial charge is 0.243 e. The van der Waals surface area contributed by atoms with Crippen molar-refractivity contribution >= 4 is 34.4 Å². The number of amides is 1. The zero-order chi connectivity index (χ0) is 24.9. The highest BCUT2D eigenvalue weighted by Gasteiger charge is 2.31. The Balaban J connectivity index is 1.50. The molecule has 0 aromatic carbocycles. The summed E-state index contributed by atoms with van der Waals surface area (Å²) in [5.74, 6) is 1.75. The molecule has 4 aromatic heterocycles. The zero-order valence-electron chi connectivity index (χ0n) is 20.6. The van der Waals surface area contributed by atoms with Crippen LogP contribution in [-0.4, -0.2) is 72.3 Å². The predicted octanol–water partition coefficient (Wildman–Crippen LogP) is 3.44. The second-order valence-corrected chi connectivity index (χ2v) is 9.24. The van der Waals surface area contributed by atoms with Crippen LogP contribution in [0.15, 0.2) is 24.4 Å². The van der Waals surface area contributed by atoms with E-state index in [0.29, 0.717) is 24.7 Å². The first-order valence-corrected chi connectivity index (χ1v) is 11.9. The molecule has 10 nitrogen and oxygen atoms in total. The summed E-state index contributed by atoms with van der Waals surface area (Å²) in [6, 6.07) is 5.66. The van der Waals surface area contributed by atoms with Crippen molar-refractivity contribution in [3.63, 3.8) is 0 Å². The molecule has 0 radical (unpaired) electrons. The maximum atomic E-state index is 14.7. The standard InChI is InChI=1S/C24H30FN9O/c1-13(2)34-14(3)27-20-7-6-18(28-23(20)34)16-8-11-33-21(16)22(26-5)30-24(31-33)29-19-9-10-32(15(4)35)12-17(19)25/h6-8,11,13,17,19H,9-10,12H2,1-5H3,(H2,26,29,30,31)/t17-,19+/m1/s1. The van der Waals surface area contributed by atoms with Crippen LogP contribution in [0.1, 0.15) is 39.1 Å². The van der Waals surface area contributed by atoms with E-state index >= 15 is 0 Å². The summed E-state index contributed by atoms with van der Waals surface area (Å²) in [6.45, 7) is 8.26. The summed E-state index contributed by atoms with van der Waals surface area (Å²) in [7, 11) is 1.79. The Morgan fingerprint density at radius 2 is 2.00 bits per heavy atom. The minimum Gasteiger partial charge on any atom is -0.371 e. The maximum Gasteiger partial charge on any atom is 0.243 e. The van der Waals surface area contributed by atoms with E-state index in [1.165, 1.54) is 11.8 Å². The van der Waals surface area contributed by atoms with Crippen LogP contribution < -0.4 is 10.6 Å². The fourth-order valence-electron chi connectivity index (χ4n) is 4.84. The zero-order valence-corrected chi connectivity index (χ0v) is 20.6. The van der Waals surface area contributed by atoms with Gasteiger partial charge in [0, 0.05) is 38.3 Å². The lowest BCUT2D eigenvalue weighted by Crippen LogP contribution is -2.49. The van der Waals surface area contributed by atoms with Gasteiger partial charge in [0.15, 0.2) is 11.5 Å². The van der Waals surface area contributed by atoms with Crippen LogP contribution in [0.5, 0.6) is 0 Å². The molecule has 0 bridgehead atoms. The van der Waals surface area contributed by atoms with Crippen molar-refractivity contribution in [2.75, 3.05) is 30.8 Å². The van der Waals surface area contributed by atoms with Crippen molar-refractivity contribution in [2.24, 2.45) is 0 Å². The van der Waals surface area contributed by atoms with Gasteiger partial charge in [-0.1, -0.05) is 0 Å². The van der Waals surface area contributed by atoms with E-state index in [9.17, 15) is 9.18 Å². The second kappa shape index (κ2) is 8.79. The summed E-state index contributed by atoms with van der Waals surface area (Å²) < 4.78 is 18.6. The van der Waals surface area contributed by atoms with Crippen LogP contribution >= 0.6 is 0 Å². The number of piperidine rings is 1. The SMILES string of the molecule is CNc1nc(N[C@H]2CCN(C(C)=O)C[C@H]2F)nn2ccc(-c3ccc4nc(C)n(C(C)C)c4n3)c12. The molecule has 5 heterocycles. The third-order valence-corrected chi connectivity index (χ3v) is 6.56. The Labute approximate surface area is 202 Å². The van der Waals surface area contributed by atoms with Crippen LogP contribution in [0.25, 0.3) is 27.9 Å². The van der Waals surface area contributed by atoms with E-state index in [1.54, 1.807) is 11.6 Å². The molecule has 184 valence electrons. The summed E-state index contributed by atoms with van der Waals surface area (Å²) >= 11 is 0. The molecule has 0 spiro atoms. The number of nitrogens with one attached hydrogen (secondary N) is 2. The first kappa shape index (κ1) is 23.0. The average Bonchev–Trinajstić information content (AvgIpc) is 3.39. The Morgan fingerprint density at radius 1 is 1.20 bits per heavy atom. The summed E-state index contributed by atoms with van der Waals surface area (Å²) in [6.07, 6.45) is 1.14. The second-order valence-electron chi connectivity index (χ2n) is 9.24. The Morgan fingerprint density at radius 3 is 2.69 bits per heavy atom. The highest BCUT2D eigenvalue weighted by molar-refractivity contribution is 5.89. The molecule has 0 unspecified atom stereocenters. The summed E-state index contributed by atoms with van der Waals surface area (Å²) in [5, 5.41) is 10.9. The van der Waals surface area contributed by atoms with Gasteiger partial charge in [0.2, 0.25) is 11.9 Å². The Bertz CT molecular complexity index is 1410. The van der Waals surface area contributed by atoms with Gasteiger partial charge in [-0.05, 0) is 45.4 Å². The molecular weight excluding hydrogens is 449 g/mol. The molecule has 35 heavy (non-hydrogen) atoms. The van der Waals surface area contributed by atoms with Gasteiger partial charge in [-0.3, -0.25) is 4.79 Å². The van der Waals surface area contributed by atoms with Crippen molar-refractivity contribution in [3.05, 3.63) is 30.2 Å². The van der Waals surface area contributed by atoms with E-state index in [-0.39, 0.29) is 18.5 Å². The minimum absolute atomic E-state index is 0.0718. The van der Waals surface area contributed by atoms with E-state index in [0.717, 1.165) is 33.8 Å². The van der Waals surface area contributed by atoms with Crippen LogP contribution in [0, 0.1) is 6.92 Å². The number of hydrogen-bond acceptors (Lipinski definition) is 7. The number of fused-ring (bicyclic) bond motifs is 2. The fourth-order valence-corrected chi connectivity index (χ4v) is 4.84. The number of nitrogens with zero attached hydrogens (tertiary/aromatic N) is 7. The highest BCUT2D eigenvalue weighted by Crippen LogP contribution is 2.31. The molecule has 1 aliphatic heterocycles. The van der Waals surface area contributed by atoms with Gasteiger partial charge in [0.1, 0.15) is 23.0 Å². The number of aromatic nitrogens is 6. The van der Waals surface area contributed by atoms with Crippen molar-refractivity contribution in [3.8, 4) is 11.3 Å². The van der Waals surface area contributed by atoms with Gasteiger partial charge in [-0.15, -0.1) is 5.10 Å². The molecule has 0 aliphatic carbocycles. The van der Waals surface area contributed by atoms with Crippen molar-refractivity contribution < 1.29 is 9.18 Å². The van der Waals surface area contributed by atoms with Crippen molar-refractivity contribution in [1.82, 2.24) is 34.0 Å². The first-order valence-electron chi connectivity index (χ1n) is 11.9. The number of imidazole rings is 1. The molecule has 1 amide bonds. The maximum absolute atomic E-state index is 14.7. The van der Waals surface area contributed by atoms with Gasteiger partial charge in [-0.25, -0.2) is 18.9 Å². The lowest BCUT2D eigenvalue weighted by molar-refractivity contribution is -0.131. The number of likely N-dealkylation sites (tertiary alicyclic amines) is 1. The number of pyridine rings is 1. The number of rotatable bonds is 5. The number of carbonyl (C=O) groups excluding carboxylic acids is 1. The highest BCUT2D eigenvalue weighted by atomic mass is 19.1. The molecule has 2 N–H and O–H groups in total. The monoisotopic (exact) mass is 479 g/mol. The van der Waals surface area contributed by atoms with Crippen LogP contribution in [0.3, 0.4) is 0 Å². The number of aryl methyl sites for hydroxylation is 1. The van der Waals surface area contributed by atoms with Gasteiger partial charge in [-0.2, -0.15) is 4.98 Å². The van der Waals surface area contributed by atoms with Crippen molar-refractivity contribution in [1.29, 1.82) is 0 Å². The van der Waals surface area contributed by atoms with Crippen molar-refractivity contribution in [2.45, 2.75) is 52.4 Å². The quantitative estimate of drug-likeness (QED) is 0.452. The van der Waals surface area contributed by atoms with Crippen LogP contribution in [0.2, 0.25) is 0 Å². The van der Waals surface area contributed by atoms with E-state index in [2.05, 4.69) is 44.1 Å². The fraction of sp³-hybridized carbons (Fsp3) is 0.458. The lowest BCUT2D eigenvalue weighted by Gasteiger charge is -2.34. The summed E-state index contributed by atoms with van der Waals surface area (Å²) in [4.78, 5) is 27.3. The van der Waals surface area contributed by atoms with Gasteiger partial charge in [0.05, 0.1) is 18.3 Å². The van der Waals surface area contributed by atoms with E-state index in [1.807, 2.05) is 31.3 Å². The lowest BCUT2D eigenvalue weighted by atomic mass is 10.0. The topological polar surface area (TPSA) is 105 Å². The van der Waals surface area contributed by atoms with E-state index in [4.69, 9.17) is 4.98 Å². The third-order valence-electron chi connectivity index (χ3n) is 6.56. The normalized spacial score (nSPS) is 18.5. The van der Waals surface area contributed by atoms with E-state index < -0.39 is 12.2 Å². The van der Waals surface area contributed by atoms with Gasteiger partial charge in [0.25, 0.3) is 0 Å². The largest absolute Gasteiger partial charge is 0.371 e. The molecule has 2 atom stereocenters. The number of carbonyl (C=O) groups is 1. The average molecular weight is 480 g/mol. The predicted molar refractivity (Wildman–Crippen MR) is 133 cm³/mol. The molecule has 11 heteroatoms. The minimum atomic E-state index is -1.20. The number of hydrogen-bond donors (Lipinski definition) is 2. The molecule has 5 rings (SSSR count).